The first-order valence-corrected chi connectivity index (χ1v) is 7.67. The average Bonchev–Trinajstić information content (AvgIpc) is 2.76. The van der Waals surface area contributed by atoms with Crippen LogP contribution in [0.3, 0.4) is 0 Å². The molecule has 0 spiro atoms. The zero-order chi connectivity index (χ0) is 16.6. The lowest BCUT2D eigenvalue weighted by Crippen LogP contribution is -2.34. The third kappa shape index (κ3) is 2.89. The molecule has 2 aromatic carbocycles. The van der Waals surface area contributed by atoms with Gasteiger partial charge in [0.25, 0.3) is 0 Å². The summed E-state index contributed by atoms with van der Waals surface area (Å²) >= 11 is 0. The molecular formula is C19H21NO3. The summed E-state index contributed by atoms with van der Waals surface area (Å²) in [6, 6.07) is 14.0. The van der Waals surface area contributed by atoms with Crippen molar-refractivity contribution in [3.8, 4) is 16.9 Å². The molecule has 2 aromatic rings. The molecule has 0 radical (unpaired) electrons. The van der Waals surface area contributed by atoms with Crippen molar-refractivity contribution in [3.05, 3.63) is 53.6 Å². The number of nitrogens with one attached hydrogen (secondary N) is 1. The number of fused-ring (bicyclic) bond motifs is 1. The number of carboxylic acid groups (broad SMARTS) is 1. The van der Waals surface area contributed by atoms with E-state index >= 15 is 0 Å². The monoisotopic (exact) mass is 311 g/mol. The van der Waals surface area contributed by atoms with Crippen LogP contribution in [0.4, 0.5) is 4.79 Å². The molecule has 4 nitrogen and oxygen atoms in total. The van der Waals surface area contributed by atoms with Crippen molar-refractivity contribution in [1.29, 1.82) is 0 Å². The van der Waals surface area contributed by atoms with Gasteiger partial charge in [-0.25, -0.2) is 4.79 Å². The lowest BCUT2D eigenvalue weighted by Gasteiger charge is -2.27. The SMILES string of the molecule is COc1cccc(-c2ccc3c(c2)CC(C)(C)C3NC(=O)O)c1. The van der Waals surface area contributed by atoms with Gasteiger partial charge >= 0.3 is 6.09 Å². The van der Waals surface area contributed by atoms with Gasteiger partial charge in [0, 0.05) is 0 Å². The van der Waals surface area contributed by atoms with Gasteiger partial charge in [-0.05, 0) is 46.2 Å². The molecule has 23 heavy (non-hydrogen) atoms. The third-order valence-corrected chi connectivity index (χ3v) is 4.55. The van der Waals surface area contributed by atoms with Crippen LogP contribution in [0.15, 0.2) is 42.5 Å². The van der Waals surface area contributed by atoms with Crippen molar-refractivity contribution in [2.24, 2.45) is 5.41 Å². The number of rotatable bonds is 3. The summed E-state index contributed by atoms with van der Waals surface area (Å²) in [5.41, 5.74) is 4.36. The van der Waals surface area contributed by atoms with E-state index in [0.717, 1.165) is 28.9 Å². The molecule has 4 heteroatoms. The molecule has 0 fully saturated rings. The van der Waals surface area contributed by atoms with E-state index in [9.17, 15) is 4.79 Å². The Labute approximate surface area is 136 Å². The second-order valence-corrected chi connectivity index (χ2v) is 6.69. The predicted octanol–water partition coefficient (Wildman–Crippen LogP) is 4.25. The molecule has 3 rings (SSSR count). The van der Waals surface area contributed by atoms with E-state index in [2.05, 4.69) is 31.3 Å². The molecule has 0 saturated heterocycles. The maximum absolute atomic E-state index is 11.1. The highest BCUT2D eigenvalue weighted by Gasteiger charge is 2.39. The second-order valence-electron chi connectivity index (χ2n) is 6.69. The average molecular weight is 311 g/mol. The highest BCUT2D eigenvalue weighted by Crippen LogP contribution is 2.46. The van der Waals surface area contributed by atoms with Gasteiger partial charge in [-0.1, -0.05) is 44.2 Å². The molecule has 1 aliphatic rings. The molecule has 0 aliphatic heterocycles. The first-order chi connectivity index (χ1) is 10.9. The maximum atomic E-state index is 11.1. The normalized spacial score (nSPS) is 18.3. The fraction of sp³-hybridized carbons (Fsp3) is 0.316. The van der Waals surface area contributed by atoms with Crippen molar-refractivity contribution in [2.75, 3.05) is 7.11 Å². The molecule has 1 unspecified atom stereocenters. The van der Waals surface area contributed by atoms with Gasteiger partial charge in [-0.15, -0.1) is 0 Å². The van der Waals surface area contributed by atoms with E-state index in [4.69, 9.17) is 9.84 Å². The van der Waals surface area contributed by atoms with E-state index in [1.807, 2.05) is 30.3 Å². The van der Waals surface area contributed by atoms with Crippen molar-refractivity contribution >= 4 is 6.09 Å². The number of ether oxygens (including phenoxy) is 1. The van der Waals surface area contributed by atoms with E-state index in [1.54, 1.807) is 7.11 Å². The Morgan fingerprint density at radius 2 is 1.96 bits per heavy atom. The van der Waals surface area contributed by atoms with Crippen LogP contribution in [0.2, 0.25) is 0 Å². The van der Waals surface area contributed by atoms with Crippen molar-refractivity contribution in [1.82, 2.24) is 5.32 Å². The molecule has 0 bridgehead atoms. The van der Waals surface area contributed by atoms with E-state index in [-0.39, 0.29) is 11.5 Å². The van der Waals surface area contributed by atoms with Crippen LogP contribution in [0.1, 0.15) is 31.0 Å². The Morgan fingerprint density at radius 3 is 2.65 bits per heavy atom. The number of carbonyl (C=O) groups is 1. The van der Waals surface area contributed by atoms with Crippen LogP contribution in [0.25, 0.3) is 11.1 Å². The first-order valence-electron chi connectivity index (χ1n) is 7.67. The lowest BCUT2D eigenvalue weighted by molar-refractivity contribution is 0.175. The van der Waals surface area contributed by atoms with Gasteiger partial charge in [0.15, 0.2) is 0 Å². The van der Waals surface area contributed by atoms with Crippen molar-refractivity contribution in [3.63, 3.8) is 0 Å². The van der Waals surface area contributed by atoms with Crippen LogP contribution in [0, 0.1) is 5.41 Å². The largest absolute Gasteiger partial charge is 0.497 e. The number of hydrogen-bond donors (Lipinski definition) is 2. The van der Waals surface area contributed by atoms with E-state index in [1.165, 1.54) is 5.56 Å². The summed E-state index contributed by atoms with van der Waals surface area (Å²) < 4.78 is 5.29. The topological polar surface area (TPSA) is 58.6 Å². The highest BCUT2D eigenvalue weighted by atomic mass is 16.5. The molecule has 0 saturated carbocycles. The summed E-state index contributed by atoms with van der Waals surface area (Å²) in [6.07, 6.45) is -0.127. The number of amides is 1. The number of methoxy groups -OCH3 is 1. The minimum atomic E-state index is -0.979. The molecule has 0 heterocycles. The Kier molecular flexibility index (Phi) is 3.76. The minimum Gasteiger partial charge on any atom is -0.497 e. The quantitative estimate of drug-likeness (QED) is 0.890. The zero-order valence-electron chi connectivity index (χ0n) is 13.6. The minimum absolute atomic E-state index is 0.131. The van der Waals surface area contributed by atoms with Crippen LogP contribution >= 0.6 is 0 Å². The standard InChI is InChI=1S/C19H21NO3/c1-19(2)11-14-9-13(12-5-4-6-15(10-12)23-3)7-8-16(14)17(19)20-18(21)22/h4-10,17,20H,11H2,1-3H3,(H,21,22). The number of hydrogen-bond acceptors (Lipinski definition) is 2. The second kappa shape index (κ2) is 5.61. The van der Waals surface area contributed by atoms with Gasteiger partial charge in [-0.2, -0.15) is 0 Å². The smallest absolute Gasteiger partial charge is 0.405 e. The Balaban J connectivity index is 1.99. The molecular weight excluding hydrogens is 290 g/mol. The first kappa shape index (κ1) is 15.4. The van der Waals surface area contributed by atoms with Crippen molar-refractivity contribution in [2.45, 2.75) is 26.3 Å². The number of benzene rings is 2. The Bertz CT molecular complexity index is 752. The van der Waals surface area contributed by atoms with Crippen LogP contribution in [0.5, 0.6) is 5.75 Å². The fourth-order valence-corrected chi connectivity index (χ4v) is 3.43. The molecule has 120 valence electrons. The lowest BCUT2D eigenvalue weighted by atomic mass is 9.85. The van der Waals surface area contributed by atoms with Crippen LogP contribution < -0.4 is 10.1 Å². The van der Waals surface area contributed by atoms with Gasteiger partial charge in [0.05, 0.1) is 13.2 Å². The molecule has 0 aromatic heterocycles. The van der Waals surface area contributed by atoms with Crippen LogP contribution in [-0.2, 0) is 6.42 Å². The van der Waals surface area contributed by atoms with Crippen LogP contribution in [-0.4, -0.2) is 18.3 Å². The molecule has 2 N–H and O–H groups in total. The molecule has 1 aliphatic carbocycles. The van der Waals surface area contributed by atoms with Gasteiger partial charge in [-0.3, -0.25) is 0 Å². The summed E-state index contributed by atoms with van der Waals surface area (Å²) in [5, 5.41) is 11.8. The molecule has 1 atom stereocenters. The summed E-state index contributed by atoms with van der Waals surface area (Å²) in [4.78, 5) is 11.1. The van der Waals surface area contributed by atoms with Gasteiger partial charge in [0.1, 0.15) is 5.75 Å². The third-order valence-electron chi connectivity index (χ3n) is 4.55. The summed E-state index contributed by atoms with van der Waals surface area (Å²) in [7, 11) is 1.66. The summed E-state index contributed by atoms with van der Waals surface area (Å²) in [5.74, 6) is 0.828. The summed E-state index contributed by atoms with van der Waals surface area (Å²) in [6.45, 7) is 4.19. The molecule has 1 amide bonds. The van der Waals surface area contributed by atoms with Gasteiger partial charge in [0.2, 0.25) is 0 Å². The highest BCUT2D eigenvalue weighted by molar-refractivity contribution is 5.69. The maximum Gasteiger partial charge on any atom is 0.405 e. The van der Waals surface area contributed by atoms with Crippen molar-refractivity contribution < 1.29 is 14.6 Å². The fourth-order valence-electron chi connectivity index (χ4n) is 3.43. The Hall–Kier alpha value is -2.49. The predicted molar refractivity (Wildman–Crippen MR) is 89.8 cm³/mol. The van der Waals surface area contributed by atoms with Gasteiger partial charge < -0.3 is 15.2 Å². The van der Waals surface area contributed by atoms with E-state index < -0.39 is 6.09 Å². The zero-order valence-corrected chi connectivity index (χ0v) is 13.6. The Morgan fingerprint density at radius 1 is 1.22 bits per heavy atom. The van der Waals surface area contributed by atoms with E-state index in [0.29, 0.717) is 0 Å².